The normalized spacial score (nSPS) is 28.3. The number of amides is 2. The third-order valence-corrected chi connectivity index (χ3v) is 2.15. The minimum absolute atomic E-state index is 0.132. The van der Waals surface area contributed by atoms with Crippen LogP contribution in [0.15, 0.2) is 12.3 Å². The molecular weight excluding hydrogens is 170 g/mol. The Balaban J connectivity index is 1.98. The van der Waals surface area contributed by atoms with Gasteiger partial charge in [0.1, 0.15) is 6.04 Å². The molecule has 0 saturated carbocycles. The Morgan fingerprint density at radius 3 is 2.77 bits per heavy atom. The summed E-state index contributed by atoms with van der Waals surface area (Å²) in [6.07, 6.45) is 0. The second-order valence-electron chi connectivity index (χ2n) is 3.29. The van der Waals surface area contributed by atoms with Crippen LogP contribution in [0.2, 0.25) is 0 Å². The summed E-state index contributed by atoms with van der Waals surface area (Å²) >= 11 is 0. The maximum Gasteiger partial charge on any atom is 0.267 e. The number of rotatable bonds is 2. The van der Waals surface area contributed by atoms with Crippen molar-refractivity contribution in [2.45, 2.75) is 6.04 Å². The molecule has 2 saturated heterocycles. The van der Waals surface area contributed by atoms with Gasteiger partial charge < -0.3 is 10.6 Å². The van der Waals surface area contributed by atoms with Crippen LogP contribution in [0.5, 0.6) is 0 Å². The molecule has 2 aliphatic rings. The summed E-state index contributed by atoms with van der Waals surface area (Å²) in [5.41, 5.74) is 0.132. The van der Waals surface area contributed by atoms with Crippen molar-refractivity contribution in [2.75, 3.05) is 19.6 Å². The predicted molar refractivity (Wildman–Crippen MR) is 45.7 cm³/mol. The minimum atomic E-state index is -0.416. The first-order valence-corrected chi connectivity index (χ1v) is 4.20. The lowest BCUT2D eigenvalue weighted by molar-refractivity contribution is -0.131. The van der Waals surface area contributed by atoms with Crippen molar-refractivity contribution in [3.8, 4) is 0 Å². The van der Waals surface area contributed by atoms with Crippen LogP contribution in [0.3, 0.4) is 0 Å². The Kier molecular flexibility index (Phi) is 1.81. The first kappa shape index (κ1) is 8.25. The highest BCUT2D eigenvalue weighted by molar-refractivity contribution is 6.04. The van der Waals surface area contributed by atoms with Crippen LogP contribution in [0.4, 0.5) is 0 Å². The van der Waals surface area contributed by atoms with Gasteiger partial charge in [-0.2, -0.15) is 0 Å². The van der Waals surface area contributed by atoms with Gasteiger partial charge in [0.05, 0.1) is 5.70 Å². The summed E-state index contributed by atoms with van der Waals surface area (Å²) in [5, 5.41) is 5.04. The summed E-state index contributed by atoms with van der Waals surface area (Å²) in [6.45, 7) is 6.05. The van der Waals surface area contributed by atoms with Gasteiger partial charge in [-0.05, 0) is 0 Å². The van der Waals surface area contributed by atoms with Crippen molar-refractivity contribution >= 4 is 11.8 Å². The van der Waals surface area contributed by atoms with Gasteiger partial charge in [-0.3, -0.25) is 14.5 Å². The van der Waals surface area contributed by atoms with E-state index < -0.39 is 6.04 Å². The molecule has 1 atom stereocenters. The van der Waals surface area contributed by atoms with E-state index in [0.717, 1.165) is 13.1 Å². The molecule has 0 aromatic heterocycles. The highest BCUT2D eigenvalue weighted by Crippen LogP contribution is 2.07. The van der Waals surface area contributed by atoms with Crippen LogP contribution >= 0.6 is 0 Å². The van der Waals surface area contributed by atoms with Crippen LogP contribution in [0.25, 0.3) is 0 Å². The number of nitrogens with one attached hydrogen (secondary N) is 2. The fraction of sp³-hybridized carbons (Fsp3) is 0.500. The molecule has 2 N–H and O–H groups in total. The fourth-order valence-corrected chi connectivity index (χ4v) is 1.24. The topological polar surface area (TPSA) is 61.2 Å². The van der Waals surface area contributed by atoms with Crippen molar-refractivity contribution in [1.82, 2.24) is 15.5 Å². The quantitative estimate of drug-likeness (QED) is 0.399. The summed E-state index contributed by atoms with van der Waals surface area (Å²) in [5.74, 6) is -0.456. The number of hydrogen-bond acceptors (Lipinski definition) is 3. The Morgan fingerprint density at radius 2 is 2.15 bits per heavy atom. The number of carbonyl (C=O) groups excluding carboxylic acids is 2. The first-order chi connectivity index (χ1) is 6.16. The van der Waals surface area contributed by atoms with E-state index in [4.69, 9.17) is 0 Å². The third-order valence-electron chi connectivity index (χ3n) is 2.15. The summed E-state index contributed by atoms with van der Waals surface area (Å²) < 4.78 is 0. The average molecular weight is 181 g/mol. The molecule has 5 heteroatoms. The second kappa shape index (κ2) is 2.85. The summed E-state index contributed by atoms with van der Waals surface area (Å²) in [4.78, 5) is 24.5. The number of hydrogen-bond donors (Lipinski definition) is 2. The SMILES string of the molecule is C=C1NC(=O)[C@@H](CN2CC2)NC1=O. The van der Waals surface area contributed by atoms with Crippen molar-refractivity contribution < 1.29 is 9.59 Å². The lowest BCUT2D eigenvalue weighted by Crippen LogP contribution is -2.57. The zero-order chi connectivity index (χ0) is 9.42. The Bertz CT molecular complexity index is 283. The van der Waals surface area contributed by atoms with Gasteiger partial charge in [0.2, 0.25) is 5.91 Å². The van der Waals surface area contributed by atoms with Crippen molar-refractivity contribution in [2.24, 2.45) is 0 Å². The maximum absolute atomic E-state index is 11.3. The van der Waals surface area contributed by atoms with Crippen molar-refractivity contribution in [1.29, 1.82) is 0 Å². The van der Waals surface area contributed by atoms with Crippen molar-refractivity contribution in [3.05, 3.63) is 12.3 Å². The summed E-state index contributed by atoms with van der Waals surface area (Å²) in [7, 11) is 0. The summed E-state index contributed by atoms with van der Waals surface area (Å²) in [6, 6.07) is -0.416. The number of piperazine rings is 1. The minimum Gasteiger partial charge on any atom is -0.338 e. The first-order valence-electron chi connectivity index (χ1n) is 4.20. The van der Waals surface area contributed by atoms with Gasteiger partial charge in [-0.25, -0.2) is 0 Å². The van der Waals surface area contributed by atoms with Gasteiger partial charge >= 0.3 is 0 Å². The van der Waals surface area contributed by atoms with E-state index in [1.165, 1.54) is 0 Å². The van der Waals surface area contributed by atoms with Gasteiger partial charge in [-0.15, -0.1) is 0 Å². The van der Waals surface area contributed by atoms with E-state index in [1.54, 1.807) is 0 Å². The standard InChI is InChI=1S/C8H11N3O2/c1-5-7(12)10-6(8(13)9-5)4-11-2-3-11/h6H,1-4H2,(H,9,13)(H,10,12)/t6-/m1/s1. The zero-order valence-electron chi connectivity index (χ0n) is 7.17. The molecule has 5 nitrogen and oxygen atoms in total. The molecule has 13 heavy (non-hydrogen) atoms. The van der Waals surface area contributed by atoms with Gasteiger partial charge in [-0.1, -0.05) is 6.58 Å². The Morgan fingerprint density at radius 1 is 1.46 bits per heavy atom. The maximum atomic E-state index is 11.3. The van der Waals surface area contributed by atoms with E-state index in [2.05, 4.69) is 22.1 Å². The molecule has 0 aromatic carbocycles. The number of nitrogens with zero attached hydrogens (tertiary/aromatic N) is 1. The molecular formula is C8H11N3O2. The van der Waals surface area contributed by atoms with E-state index in [0.29, 0.717) is 6.54 Å². The van der Waals surface area contributed by atoms with Crippen LogP contribution in [-0.4, -0.2) is 42.4 Å². The Labute approximate surface area is 75.8 Å². The van der Waals surface area contributed by atoms with E-state index in [9.17, 15) is 9.59 Å². The monoisotopic (exact) mass is 181 g/mol. The molecule has 2 amide bonds. The molecule has 0 radical (unpaired) electrons. The highest BCUT2D eigenvalue weighted by Gasteiger charge is 2.32. The van der Waals surface area contributed by atoms with Crippen LogP contribution in [0.1, 0.15) is 0 Å². The molecule has 2 heterocycles. The third kappa shape index (κ3) is 1.70. The lowest BCUT2D eigenvalue weighted by atomic mass is 10.2. The molecule has 0 aliphatic carbocycles. The molecule has 2 aliphatic heterocycles. The molecule has 0 spiro atoms. The van der Waals surface area contributed by atoms with Crippen LogP contribution in [0, 0.1) is 0 Å². The van der Waals surface area contributed by atoms with E-state index >= 15 is 0 Å². The molecule has 0 unspecified atom stereocenters. The largest absolute Gasteiger partial charge is 0.338 e. The van der Waals surface area contributed by atoms with E-state index in [-0.39, 0.29) is 17.5 Å². The molecule has 2 fully saturated rings. The van der Waals surface area contributed by atoms with Gasteiger partial charge in [0.25, 0.3) is 5.91 Å². The van der Waals surface area contributed by atoms with Gasteiger partial charge in [0, 0.05) is 19.6 Å². The van der Waals surface area contributed by atoms with Crippen LogP contribution < -0.4 is 10.6 Å². The average Bonchev–Trinajstić information content (AvgIpc) is 2.84. The molecule has 70 valence electrons. The Hall–Kier alpha value is -1.36. The predicted octanol–water partition coefficient (Wildman–Crippen LogP) is -1.57. The fourth-order valence-electron chi connectivity index (χ4n) is 1.24. The smallest absolute Gasteiger partial charge is 0.267 e. The van der Waals surface area contributed by atoms with Crippen LogP contribution in [-0.2, 0) is 9.59 Å². The van der Waals surface area contributed by atoms with Gasteiger partial charge in [0.15, 0.2) is 0 Å². The molecule has 0 bridgehead atoms. The van der Waals surface area contributed by atoms with E-state index in [1.807, 2.05) is 0 Å². The lowest BCUT2D eigenvalue weighted by Gasteiger charge is -2.24. The van der Waals surface area contributed by atoms with Crippen molar-refractivity contribution in [3.63, 3.8) is 0 Å². The highest BCUT2D eigenvalue weighted by atomic mass is 16.2. The molecule has 0 aromatic rings. The number of carbonyl (C=O) groups is 2. The molecule has 2 rings (SSSR count). The zero-order valence-corrected chi connectivity index (χ0v) is 7.17. The second-order valence-corrected chi connectivity index (χ2v) is 3.29.